The number of hydrogen-bond donors (Lipinski definition) is 1. The van der Waals surface area contributed by atoms with Crippen LogP contribution in [0.5, 0.6) is 11.5 Å². The number of phosphoric acid groups is 1. The summed E-state index contributed by atoms with van der Waals surface area (Å²) in [5.41, 5.74) is 7.62. The molecule has 0 radical (unpaired) electrons. The molecule has 0 saturated heterocycles. The molecular weight excluding hydrogens is 400 g/mol. The number of Topliss-reactive ketones (excluding diaryl/α,β-unsaturated/α-hetero) is 1. The smallest absolute Gasteiger partial charge is 0.736 e. The summed E-state index contributed by atoms with van der Waals surface area (Å²) >= 11 is 0. The van der Waals surface area contributed by atoms with Crippen molar-refractivity contribution in [1.29, 1.82) is 0 Å². The van der Waals surface area contributed by atoms with Crippen LogP contribution in [0.15, 0.2) is 78.9 Å². The molecule has 0 amide bonds. The molecule has 0 fully saturated rings. The minimum Gasteiger partial charge on any atom is -0.736 e. The molecule has 144 valence electrons. The molecule has 3 aromatic rings. The fraction of sp³-hybridized carbons (Fsp3) is 0.0952. The average molecular weight is 419 g/mol. The van der Waals surface area contributed by atoms with Crippen LogP contribution in [0.3, 0.4) is 0 Å². The quantitative estimate of drug-likeness (QED) is 0.253. The Morgan fingerprint density at radius 3 is 1.93 bits per heavy atom. The van der Waals surface area contributed by atoms with Crippen LogP contribution < -0.4 is 49.2 Å². The molecule has 0 aliphatic rings. The van der Waals surface area contributed by atoms with E-state index in [0.717, 1.165) is 5.56 Å². The van der Waals surface area contributed by atoms with E-state index in [2.05, 4.69) is 0 Å². The Kier molecular flexibility index (Phi) is 8.50. The molecule has 0 heterocycles. The fourth-order valence-corrected chi connectivity index (χ4v) is 3.35. The first-order valence-electron chi connectivity index (χ1n) is 8.64. The van der Waals surface area contributed by atoms with E-state index in [4.69, 9.17) is 14.8 Å². The number of carbonyl (C=O) groups is 1. The molecule has 29 heavy (non-hydrogen) atoms. The number of aryl methyl sites for hydroxylation is 1. The van der Waals surface area contributed by atoms with Crippen LogP contribution in [-0.4, -0.2) is 5.78 Å². The SMILES string of the molecule is Nc1ccc(OP(=O)([O-])Oc2ccc(CCC(=O)c3ccccc3)cc2)cc1.[Na+]. The van der Waals surface area contributed by atoms with Crippen molar-refractivity contribution in [3.8, 4) is 11.5 Å². The molecule has 2 N–H and O–H groups in total. The normalized spacial score (nSPS) is 12.3. The number of carbonyl (C=O) groups excluding carboxylic acids is 1. The molecule has 0 bridgehead atoms. The summed E-state index contributed by atoms with van der Waals surface area (Å²) in [5.74, 6) is 0.303. The Morgan fingerprint density at radius 2 is 1.38 bits per heavy atom. The number of phosphoric ester groups is 1. The monoisotopic (exact) mass is 419 g/mol. The van der Waals surface area contributed by atoms with Crippen LogP contribution in [-0.2, 0) is 11.0 Å². The second-order valence-electron chi connectivity index (χ2n) is 6.13. The van der Waals surface area contributed by atoms with Gasteiger partial charge in [0.1, 0.15) is 11.5 Å². The summed E-state index contributed by atoms with van der Waals surface area (Å²) in [5, 5.41) is 0. The summed E-state index contributed by atoms with van der Waals surface area (Å²) in [6.45, 7) is 0. The van der Waals surface area contributed by atoms with Gasteiger partial charge in [-0.15, -0.1) is 0 Å². The molecule has 3 rings (SSSR count). The van der Waals surface area contributed by atoms with Crippen LogP contribution in [0.2, 0.25) is 0 Å². The maximum atomic E-state index is 12.1. The maximum Gasteiger partial charge on any atom is 1.00 e. The molecule has 6 nitrogen and oxygen atoms in total. The minimum atomic E-state index is -4.58. The summed E-state index contributed by atoms with van der Waals surface area (Å²) in [6.07, 6.45) is 0.912. The third-order valence-electron chi connectivity index (χ3n) is 3.97. The molecule has 0 aliphatic carbocycles. The van der Waals surface area contributed by atoms with Gasteiger partial charge in [0.15, 0.2) is 5.78 Å². The summed E-state index contributed by atoms with van der Waals surface area (Å²) in [7, 11) is -4.58. The minimum absolute atomic E-state index is 0. The number of nitrogen functional groups attached to an aromatic ring is 1. The molecule has 0 saturated carbocycles. The fourth-order valence-electron chi connectivity index (χ4n) is 2.55. The van der Waals surface area contributed by atoms with Crippen molar-refractivity contribution in [2.45, 2.75) is 12.8 Å². The number of ketones is 1. The standard InChI is InChI=1S/C21H20NO5P.Na/c22-18-9-13-20(14-10-18)27-28(24,25)26-19-11-6-16(7-12-19)8-15-21(23)17-4-2-1-3-5-17;/h1-7,9-14H,8,15,22H2,(H,24,25);/q;+1/p-1. The van der Waals surface area contributed by atoms with Crippen LogP contribution in [0.25, 0.3) is 0 Å². The Labute approximate surface area is 191 Å². The zero-order valence-corrected chi connectivity index (χ0v) is 18.9. The van der Waals surface area contributed by atoms with E-state index in [9.17, 15) is 14.3 Å². The van der Waals surface area contributed by atoms with Gasteiger partial charge in [0, 0.05) is 17.7 Å². The van der Waals surface area contributed by atoms with Gasteiger partial charge in [-0.25, -0.2) is 4.57 Å². The second-order valence-corrected chi connectivity index (χ2v) is 7.39. The molecular formula is C21H19NNaO5P. The predicted molar refractivity (Wildman–Crippen MR) is 105 cm³/mol. The Morgan fingerprint density at radius 1 is 0.862 bits per heavy atom. The van der Waals surface area contributed by atoms with Crippen LogP contribution in [0.4, 0.5) is 5.69 Å². The summed E-state index contributed by atoms with van der Waals surface area (Å²) < 4.78 is 21.9. The Hall–Kier alpha value is -2.08. The Balaban J connectivity index is 0.00000300. The number of anilines is 1. The van der Waals surface area contributed by atoms with Crippen molar-refractivity contribution in [2.24, 2.45) is 0 Å². The van der Waals surface area contributed by atoms with Crippen molar-refractivity contribution >= 4 is 19.3 Å². The summed E-state index contributed by atoms with van der Waals surface area (Å²) in [6, 6.07) is 21.5. The largest absolute Gasteiger partial charge is 1.00 e. The molecule has 1 atom stereocenters. The number of hydrogen-bond acceptors (Lipinski definition) is 6. The molecule has 1 unspecified atom stereocenters. The second kappa shape index (κ2) is 10.6. The van der Waals surface area contributed by atoms with E-state index in [-0.39, 0.29) is 46.8 Å². The third kappa shape index (κ3) is 7.35. The zero-order valence-electron chi connectivity index (χ0n) is 16.0. The van der Waals surface area contributed by atoms with Crippen molar-refractivity contribution in [2.75, 3.05) is 5.73 Å². The van der Waals surface area contributed by atoms with E-state index in [1.807, 2.05) is 18.2 Å². The van der Waals surface area contributed by atoms with E-state index in [1.54, 1.807) is 24.3 Å². The predicted octanol–water partition coefficient (Wildman–Crippen LogP) is 1.01. The molecule has 0 aliphatic heterocycles. The van der Waals surface area contributed by atoms with Crippen molar-refractivity contribution < 1.29 is 52.9 Å². The Bertz CT molecular complexity index is 978. The van der Waals surface area contributed by atoms with E-state index in [1.165, 1.54) is 36.4 Å². The van der Waals surface area contributed by atoms with Gasteiger partial charge in [-0.2, -0.15) is 0 Å². The van der Waals surface area contributed by atoms with Crippen LogP contribution >= 0.6 is 7.82 Å². The topological polar surface area (TPSA) is 102 Å². The number of nitrogens with two attached hydrogens (primary N) is 1. The van der Waals surface area contributed by atoms with Crippen LogP contribution in [0, 0.1) is 0 Å². The molecule has 8 heteroatoms. The van der Waals surface area contributed by atoms with E-state index >= 15 is 0 Å². The number of rotatable bonds is 8. The van der Waals surface area contributed by atoms with Crippen molar-refractivity contribution in [3.05, 3.63) is 90.0 Å². The van der Waals surface area contributed by atoms with Gasteiger partial charge in [0.2, 0.25) is 0 Å². The zero-order chi connectivity index (χ0) is 20.0. The van der Waals surface area contributed by atoms with Gasteiger partial charge >= 0.3 is 37.4 Å². The van der Waals surface area contributed by atoms with Crippen molar-refractivity contribution in [1.82, 2.24) is 0 Å². The van der Waals surface area contributed by atoms with E-state index < -0.39 is 7.82 Å². The van der Waals surface area contributed by atoms with Crippen molar-refractivity contribution in [3.63, 3.8) is 0 Å². The van der Waals surface area contributed by atoms with Crippen LogP contribution in [0.1, 0.15) is 22.3 Å². The van der Waals surface area contributed by atoms with Gasteiger partial charge in [-0.3, -0.25) is 4.79 Å². The van der Waals surface area contributed by atoms with Gasteiger partial charge < -0.3 is 19.7 Å². The average Bonchev–Trinajstić information content (AvgIpc) is 2.69. The van der Waals surface area contributed by atoms with Gasteiger partial charge in [-0.1, -0.05) is 42.5 Å². The number of benzene rings is 3. The maximum absolute atomic E-state index is 12.1. The molecule has 0 aromatic heterocycles. The molecule has 3 aromatic carbocycles. The third-order valence-corrected chi connectivity index (χ3v) is 4.84. The first-order chi connectivity index (χ1) is 13.4. The first kappa shape index (κ1) is 23.2. The first-order valence-corrected chi connectivity index (χ1v) is 10.1. The van der Waals surface area contributed by atoms with Gasteiger partial charge in [-0.05, 0) is 48.4 Å². The summed E-state index contributed by atoms with van der Waals surface area (Å²) in [4.78, 5) is 24.2. The van der Waals surface area contributed by atoms with E-state index in [0.29, 0.717) is 24.1 Å². The van der Waals surface area contributed by atoms with Gasteiger partial charge in [0.05, 0.1) is 0 Å². The molecule has 0 spiro atoms. The van der Waals surface area contributed by atoms with Gasteiger partial charge in [0.25, 0.3) is 0 Å².